The molecule has 1 aliphatic heterocycles. The van der Waals surface area contributed by atoms with E-state index in [1.807, 2.05) is 23.7 Å². The first kappa shape index (κ1) is 18.0. The van der Waals surface area contributed by atoms with E-state index in [1.54, 1.807) is 6.26 Å². The number of carbonyl (C=O) groups excluding carboxylic acids is 1. The van der Waals surface area contributed by atoms with E-state index in [0.717, 1.165) is 46.2 Å². The third kappa shape index (κ3) is 2.84. The van der Waals surface area contributed by atoms with Gasteiger partial charge in [0.15, 0.2) is 5.78 Å². The Morgan fingerprint density at radius 2 is 1.90 bits per heavy atom. The number of anilines is 1. The summed E-state index contributed by atoms with van der Waals surface area (Å²) < 4.78 is 7.77. The zero-order valence-corrected chi connectivity index (χ0v) is 17.2. The number of benzene rings is 1. The number of rotatable bonds is 2. The molecule has 1 aliphatic carbocycles. The average molecular weight is 387 g/mol. The zero-order valence-electron chi connectivity index (χ0n) is 17.2. The van der Waals surface area contributed by atoms with Gasteiger partial charge in [-0.15, -0.1) is 0 Å². The van der Waals surface area contributed by atoms with Gasteiger partial charge >= 0.3 is 0 Å². The third-order valence-electron chi connectivity index (χ3n) is 5.98. The summed E-state index contributed by atoms with van der Waals surface area (Å²) in [4.78, 5) is 13.2. The Morgan fingerprint density at radius 1 is 1.14 bits per heavy atom. The average Bonchev–Trinajstić information content (AvgIpc) is 3.28. The highest BCUT2D eigenvalue weighted by Crippen LogP contribution is 2.50. The SMILES string of the molecule is Cc1ccc(-n2nc(C)c3c2NC2=C(C(=O)CC(C)(C)C2)[C@H]3c2ccco2)cc1. The summed E-state index contributed by atoms with van der Waals surface area (Å²) in [5.74, 6) is 1.69. The van der Waals surface area contributed by atoms with Gasteiger partial charge < -0.3 is 9.73 Å². The molecule has 0 fully saturated rings. The van der Waals surface area contributed by atoms with Crippen LogP contribution < -0.4 is 5.32 Å². The second kappa shape index (κ2) is 6.21. The Morgan fingerprint density at radius 3 is 2.59 bits per heavy atom. The summed E-state index contributed by atoms with van der Waals surface area (Å²) in [6, 6.07) is 12.2. The first-order valence-electron chi connectivity index (χ1n) is 10.1. The molecule has 3 aromatic rings. The van der Waals surface area contributed by atoms with E-state index in [2.05, 4.69) is 50.4 Å². The number of ketones is 1. The van der Waals surface area contributed by atoms with Crippen LogP contribution in [0.2, 0.25) is 0 Å². The monoisotopic (exact) mass is 387 g/mol. The van der Waals surface area contributed by atoms with Crippen molar-refractivity contribution < 1.29 is 9.21 Å². The van der Waals surface area contributed by atoms with E-state index < -0.39 is 0 Å². The number of fused-ring (bicyclic) bond motifs is 1. The van der Waals surface area contributed by atoms with Crippen LogP contribution in [0, 0.1) is 19.3 Å². The van der Waals surface area contributed by atoms with Crippen LogP contribution >= 0.6 is 0 Å². The number of hydrogen-bond acceptors (Lipinski definition) is 4. The van der Waals surface area contributed by atoms with Crippen LogP contribution in [-0.2, 0) is 4.79 Å². The minimum absolute atomic E-state index is 0.0715. The molecule has 0 unspecified atom stereocenters. The molecule has 3 heterocycles. The number of Topliss-reactive ketones (excluding diaryl/α,β-unsaturated/α-hetero) is 1. The van der Waals surface area contributed by atoms with Gasteiger partial charge in [-0.05, 0) is 49.9 Å². The molecule has 2 aromatic heterocycles. The topological polar surface area (TPSA) is 60.1 Å². The highest BCUT2D eigenvalue weighted by molar-refractivity contribution is 6.01. The number of carbonyl (C=O) groups is 1. The molecule has 5 heteroatoms. The van der Waals surface area contributed by atoms with Crippen molar-refractivity contribution in [3.8, 4) is 5.69 Å². The fraction of sp³-hybridized carbons (Fsp3) is 0.333. The van der Waals surface area contributed by atoms with Crippen molar-refractivity contribution in [2.24, 2.45) is 5.41 Å². The highest BCUT2D eigenvalue weighted by atomic mass is 16.3. The first-order valence-corrected chi connectivity index (χ1v) is 10.1. The number of furan rings is 1. The van der Waals surface area contributed by atoms with Crippen molar-refractivity contribution in [3.05, 3.63) is 76.5 Å². The van der Waals surface area contributed by atoms with Crippen molar-refractivity contribution in [3.63, 3.8) is 0 Å². The molecule has 0 amide bonds. The summed E-state index contributed by atoms with van der Waals surface area (Å²) in [6.45, 7) is 8.38. The van der Waals surface area contributed by atoms with E-state index >= 15 is 0 Å². The lowest BCUT2D eigenvalue weighted by molar-refractivity contribution is -0.118. The largest absolute Gasteiger partial charge is 0.468 e. The molecule has 1 aromatic carbocycles. The van der Waals surface area contributed by atoms with Crippen LogP contribution in [0.1, 0.15) is 55.2 Å². The molecule has 29 heavy (non-hydrogen) atoms. The molecular weight excluding hydrogens is 362 g/mol. The van der Waals surface area contributed by atoms with E-state index in [1.165, 1.54) is 5.56 Å². The van der Waals surface area contributed by atoms with Crippen molar-refractivity contribution in [2.75, 3.05) is 5.32 Å². The minimum atomic E-state index is -0.223. The summed E-state index contributed by atoms with van der Waals surface area (Å²) in [5, 5.41) is 8.44. The van der Waals surface area contributed by atoms with Gasteiger partial charge in [-0.25, -0.2) is 4.68 Å². The first-order chi connectivity index (χ1) is 13.8. The minimum Gasteiger partial charge on any atom is -0.468 e. The predicted molar refractivity (Wildman–Crippen MR) is 112 cm³/mol. The van der Waals surface area contributed by atoms with Crippen molar-refractivity contribution in [1.29, 1.82) is 0 Å². The fourth-order valence-corrected chi connectivity index (χ4v) is 4.69. The molecule has 148 valence electrons. The molecule has 5 nitrogen and oxygen atoms in total. The Labute approximate surface area is 170 Å². The number of nitrogens with zero attached hydrogens (tertiary/aromatic N) is 2. The Hall–Kier alpha value is -3.08. The van der Waals surface area contributed by atoms with Gasteiger partial charge in [-0.3, -0.25) is 4.79 Å². The molecule has 0 radical (unpaired) electrons. The molecule has 0 saturated carbocycles. The third-order valence-corrected chi connectivity index (χ3v) is 5.98. The number of nitrogens with one attached hydrogen (secondary N) is 1. The standard InChI is InChI=1S/C24H25N3O2/c1-14-7-9-16(10-8-14)27-23-20(15(2)26-27)22(19-6-5-11-29-19)21-17(25-23)12-24(3,4)13-18(21)28/h5-11,22,25H,12-13H2,1-4H3/t22-/m0/s1. The lowest BCUT2D eigenvalue weighted by Gasteiger charge is -2.38. The Bertz CT molecular complexity index is 1130. The van der Waals surface area contributed by atoms with Crippen LogP contribution in [0.5, 0.6) is 0 Å². The molecule has 1 N–H and O–H groups in total. The molecule has 0 bridgehead atoms. The number of hydrogen-bond donors (Lipinski definition) is 1. The quantitative estimate of drug-likeness (QED) is 0.650. The van der Waals surface area contributed by atoms with Crippen LogP contribution in [0.25, 0.3) is 5.69 Å². The highest BCUT2D eigenvalue weighted by Gasteiger charge is 2.43. The normalized spacial score (nSPS) is 20.3. The van der Waals surface area contributed by atoms with Crippen LogP contribution in [0.4, 0.5) is 5.82 Å². The van der Waals surface area contributed by atoms with Crippen molar-refractivity contribution >= 4 is 11.6 Å². The predicted octanol–water partition coefficient (Wildman–Crippen LogP) is 5.28. The maximum Gasteiger partial charge on any atom is 0.162 e. The van der Waals surface area contributed by atoms with Gasteiger partial charge in [0.2, 0.25) is 0 Å². The zero-order chi connectivity index (χ0) is 20.3. The summed E-state index contributed by atoms with van der Waals surface area (Å²) in [6.07, 6.45) is 3.04. The van der Waals surface area contributed by atoms with Gasteiger partial charge in [-0.1, -0.05) is 31.5 Å². The fourth-order valence-electron chi connectivity index (χ4n) is 4.69. The summed E-state index contributed by atoms with van der Waals surface area (Å²) in [7, 11) is 0. The molecule has 1 atom stereocenters. The number of allylic oxidation sites excluding steroid dienone is 2. The summed E-state index contributed by atoms with van der Waals surface area (Å²) >= 11 is 0. The smallest absolute Gasteiger partial charge is 0.162 e. The van der Waals surface area contributed by atoms with E-state index in [-0.39, 0.29) is 17.1 Å². The van der Waals surface area contributed by atoms with Gasteiger partial charge in [0.1, 0.15) is 11.6 Å². The van der Waals surface area contributed by atoms with Gasteiger partial charge in [0.05, 0.1) is 23.6 Å². The van der Waals surface area contributed by atoms with Crippen molar-refractivity contribution in [2.45, 2.75) is 46.5 Å². The van der Waals surface area contributed by atoms with Crippen molar-refractivity contribution in [1.82, 2.24) is 9.78 Å². The lowest BCUT2D eigenvalue weighted by Crippen LogP contribution is -2.34. The van der Waals surface area contributed by atoms with E-state index in [4.69, 9.17) is 9.52 Å². The number of aromatic nitrogens is 2. The summed E-state index contributed by atoms with van der Waals surface area (Å²) in [5.41, 5.74) is 5.88. The maximum atomic E-state index is 13.2. The maximum absolute atomic E-state index is 13.2. The second-order valence-electron chi connectivity index (χ2n) is 9.00. The Kier molecular flexibility index (Phi) is 3.85. The van der Waals surface area contributed by atoms with Gasteiger partial charge in [-0.2, -0.15) is 5.10 Å². The van der Waals surface area contributed by atoms with Gasteiger partial charge in [0, 0.05) is 23.3 Å². The van der Waals surface area contributed by atoms with Crippen LogP contribution in [-0.4, -0.2) is 15.6 Å². The molecule has 0 spiro atoms. The lowest BCUT2D eigenvalue weighted by atomic mass is 9.70. The number of aryl methyl sites for hydroxylation is 2. The second-order valence-corrected chi connectivity index (χ2v) is 9.00. The van der Waals surface area contributed by atoms with Crippen LogP contribution in [0.3, 0.4) is 0 Å². The molecule has 5 rings (SSSR count). The van der Waals surface area contributed by atoms with Gasteiger partial charge in [0.25, 0.3) is 0 Å². The molecule has 0 saturated heterocycles. The molecular formula is C24H25N3O2. The molecule has 2 aliphatic rings. The van der Waals surface area contributed by atoms with E-state index in [0.29, 0.717) is 6.42 Å². The Balaban J connectivity index is 1.74. The van der Waals surface area contributed by atoms with E-state index in [9.17, 15) is 4.79 Å². The van der Waals surface area contributed by atoms with Crippen LogP contribution in [0.15, 0.2) is 58.3 Å².